The number of nitrogens with zero attached hydrogens (tertiary/aromatic N) is 2. The van der Waals surface area contributed by atoms with E-state index in [9.17, 15) is 4.79 Å². The van der Waals surface area contributed by atoms with Crippen LogP contribution in [0.4, 0.5) is 5.69 Å². The predicted octanol–water partition coefficient (Wildman–Crippen LogP) is 2.16. The van der Waals surface area contributed by atoms with Crippen LogP contribution in [0.1, 0.15) is 28.0 Å². The van der Waals surface area contributed by atoms with Crippen molar-refractivity contribution in [3.05, 3.63) is 47.3 Å². The molecule has 0 radical (unpaired) electrons. The molecule has 0 bridgehead atoms. The standard InChI is InChI=1S/C14H15N3O/c1-17-13(7-8-15-17)14(18)16-12-6-5-10-3-2-4-11(10)9-12/h5-9H,2-4H2,1H3,(H,16,18). The van der Waals surface area contributed by atoms with Crippen LogP contribution in [0, 0.1) is 0 Å². The molecule has 4 nitrogen and oxygen atoms in total. The molecule has 0 saturated carbocycles. The summed E-state index contributed by atoms with van der Waals surface area (Å²) in [5.74, 6) is -0.118. The Hall–Kier alpha value is -2.10. The number of nitrogens with one attached hydrogen (secondary N) is 1. The minimum Gasteiger partial charge on any atom is -0.321 e. The van der Waals surface area contributed by atoms with E-state index < -0.39 is 0 Å². The Balaban J connectivity index is 1.81. The molecular formula is C14H15N3O. The molecule has 0 spiro atoms. The second-order valence-corrected chi connectivity index (χ2v) is 4.63. The predicted molar refractivity (Wildman–Crippen MR) is 69.6 cm³/mol. The SMILES string of the molecule is Cn1nccc1C(=O)Nc1ccc2c(c1)CCC2. The van der Waals surface area contributed by atoms with Crippen molar-refractivity contribution in [3.8, 4) is 0 Å². The van der Waals surface area contributed by atoms with Gasteiger partial charge in [-0.25, -0.2) is 0 Å². The molecule has 4 heteroatoms. The number of carbonyl (C=O) groups excluding carboxylic acids is 1. The second-order valence-electron chi connectivity index (χ2n) is 4.63. The lowest BCUT2D eigenvalue weighted by molar-refractivity contribution is 0.101. The number of amides is 1. The number of hydrogen-bond donors (Lipinski definition) is 1. The Bertz CT molecular complexity index is 601. The quantitative estimate of drug-likeness (QED) is 0.875. The molecule has 0 atom stereocenters. The fraction of sp³-hybridized carbons (Fsp3) is 0.286. The zero-order valence-electron chi connectivity index (χ0n) is 10.3. The maximum Gasteiger partial charge on any atom is 0.273 e. The molecule has 1 aliphatic rings. The van der Waals surface area contributed by atoms with Gasteiger partial charge in [-0.3, -0.25) is 9.48 Å². The zero-order chi connectivity index (χ0) is 12.5. The van der Waals surface area contributed by atoms with Gasteiger partial charge in [0.1, 0.15) is 5.69 Å². The minimum atomic E-state index is -0.118. The van der Waals surface area contributed by atoms with Crippen molar-refractivity contribution >= 4 is 11.6 Å². The van der Waals surface area contributed by atoms with Crippen LogP contribution in [0.15, 0.2) is 30.5 Å². The number of benzene rings is 1. The van der Waals surface area contributed by atoms with Gasteiger partial charge in [0, 0.05) is 18.9 Å². The summed E-state index contributed by atoms with van der Waals surface area (Å²) < 4.78 is 1.57. The number of anilines is 1. The van der Waals surface area contributed by atoms with Crippen LogP contribution in [0.3, 0.4) is 0 Å². The smallest absolute Gasteiger partial charge is 0.273 e. The van der Waals surface area contributed by atoms with Crippen LogP contribution in [-0.4, -0.2) is 15.7 Å². The molecule has 18 heavy (non-hydrogen) atoms. The topological polar surface area (TPSA) is 46.9 Å². The summed E-state index contributed by atoms with van der Waals surface area (Å²) in [7, 11) is 1.76. The Labute approximate surface area is 106 Å². The summed E-state index contributed by atoms with van der Waals surface area (Å²) in [6, 6.07) is 7.87. The van der Waals surface area contributed by atoms with Crippen molar-refractivity contribution in [2.75, 3.05) is 5.32 Å². The number of aryl methyl sites for hydroxylation is 3. The average Bonchev–Trinajstić information content (AvgIpc) is 2.96. The fourth-order valence-electron chi connectivity index (χ4n) is 2.44. The van der Waals surface area contributed by atoms with E-state index in [-0.39, 0.29) is 5.91 Å². The number of hydrogen-bond acceptors (Lipinski definition) is 2. The molecule has 92 valence electrons. The molecule has 2 aromatic rings. The Kier molecular flexibility index (Phi) is 2.63. The zero-order valence-corrected chi connectivity index (χ0v) is 10.3. The highest BCUT2D eigenvalue weighted by Gasteiger charge is 2.13. The van der Waals surface area contributed by atoms with E-state index in [2.05, 4.69) is 22.5 Å². The van der Waals surface area contributed by atoms with Gasteiger partial charge in [-0.15, -0.1) is 0 Å². The molecule has 1 heterocycles. The van der Waals surface area contributed by atoms with Gasteiger partial charge in [-0.2, -0.15) is 5.10 Å². The highest BCUT2D eigenvalue weighted by atomic mass is 16.2. The lowest BCUT2D eigenvalue weighted by atomic mass is 10.1. The summed E-state index contributed by atoms with van der Waals surface area (Å²) in [5, 5.41) is 6.91. The lowest BCUT2D eigenvalue weighted by Crippen LogP contribution is -2.16. The monoisotopic (exact) mass is 241 g/mol. The number of rotatable bonds is 2. The first-order chi connectivity index (χ1) is 8.74. The normalized spacial score (nSPS) is 13.4. The average molecular weight is 241 g/mol. The van der Waals surface area contributed by atoms with Gasteiger partial charge >= 0.3 is 0 Å². The molecule has 3 rings (SSSR count). The highest BCUT2D eigenvalue weighted by Crippen LogP contribution is 2.25. The maximum absolute atomic E-state index is 12.0. The first-order valence-corrected chi connectivity index (χ1v) is 6.15. The van der Waals surface area contributed by atoms with E-state index in [0.717, 1.165) is 18.5 Å². The third-order valence-electron chi connectivity index (χ3n) is 3.41. The molecule has 1 aliphatic carbocycles. The summed E-state index contributed by atoms with van der Waals surface area (Å²) >= 11 is 0. The van der Waals surface area contributed by atoms with Crippen LogP contribution >= 0.6 is 0 Å². The summed E-state index contributed by atoms with van der Waals surface area (Å²) in [4.78, 5) is 12.0. The number of aromatic nitrogens is 2. The van der Waals surface area contributed by atoms with Crippen LogP contribution in [-0.2, 0) is 19.9 Å². The van der Waals surface area contributed by atoms with E-state index in [1.807, 2.05) is 6.07 Å². The highest BCUT2D eigenvalue weighted by molar-refractivity contribution is 6.03. The van der Waals surface area contributed by atoms with Gasteiger partial charge in [0.15, 0.2) is 0 Å². The first kappa shape index (κ1) is 11.0. The molecule has 0 saturated heterocycles. The van der Waals surface area contributed by atoms with Gasteiger partial charge in [0.05, 0.1) is 0 Å². The van der Waals surface area contributed by atoms with E-state index >= 15 is 0 Å². The summed E-state index contributed by atoms with van der Waals surface area (Å²) in [6.07, 6.45) is 5.11. The van der Waals surface area contributed by atoms with Gasteiger partial charge < -0.3 is 5.32 Å². The molecule has 1 amide bonds. The number of carbonyl (C=O) groups is 1. The van der Waals surface area contributed by atoms with E-state index in [1.54, 1.807) is 24.0 Å². The van der Waals surface area contributed by atoms with Crippen molar-refractivity contribution in [2.45, 2.75) is 19.3 Å². The van der Waals surface area contributed by atoms with Crippen molar-refractivity contribution in [3.63, 3.8) is 0 Å². The Morgan fingerprint density at radius 1 is 1.28 bits per heavy atom. The van der Waals surface area contributed by atoms with E-state index in [1.165, 1.54) is 17.5 Å². The number of fused-ring (bicyclic) bond motifs is 1. The molecular weight excluding hydrogens is 226 g/mol. The molecule has 0 unspecified atom stereocenters. The molecule has 0 aliphatic heterocycles. The van der Waals surface area contributed by atoms with Crippen molar-refractivity contribution in [1.29, 1.82) is 0 Å². The third kappa shape index (κ3) is 1.90. The van der Waals surface area contributed by atoms with Gasteiger partial charge in [0.2, 0.25) is 0 Å². The molecule has 1 N–H and O–H groups in total. The van der Waals surface area contributed by atoms with Crippen LogP contribution < -0.4 is 5.32 Å². The second kappa shape index (κ2) is 4.29. The Morgan fingerprint density at radius 3 is 2.89 bits per heavy atom. The summed E-state index contributed by atoms with van der Waals surface area (Å²) in [6.45, 7) is 0. The summed E-state index contributed by atoms with van der Waals surface area (Å²) in [5.41, 5.74) is 4.20. The Morgan fingerprint density at radius 2 is 2.11 bits per heavy atom. The van der Waals surface area contributed by atoms with Crippen molar-refractivity contribution in [1.82, 2.24) is 9.78 Å². The first-order valence-electron chi connectivity index (χ1n) is 6.15. The maximum atomic E-state index is 12.0. The molecule has 1 aromatic heterocycles. The van der Waals surface area contributed by atoms with E-state index in [4.69, 9.17) is 0 Å². The van der Waals surface area contributed by atoms with Crippen molar-refractivity contribution < 1.29 is 4.79 Å². The van der Waals surface area contributed by atoms with Gasteiger partial charge in [0.25, 0.3) is 5.91 Å². The third-order valence-corrected chi connectivity index (χ3v) is 3.41. The van der Waals surface area contributed by atoms with Gasteiger partial charge in [-0.1, -0.05) is 6.07 Å². The van der Waals surface area contributed by atoms with Crippen LogP contribution in [0.5, 0.6) is 0 Å². The van der Waals surface area contributed by atoms with Crippen LogP contribution in [0.2, 0.25) is 0 Å². The van der Waals surface area contributed by atoms with Crippen LogP contribution in [0.25, 0.3) is 0 Å². The van der Waals surface area contributed by atoms with Crippen molar-refractivity contribution in [2.24, 2.45) is 7.05 Å². The fourth-order valence-corrected chi connectivity index (χ4v) is 2.44. The molecule has 0 fully saturated rings. The lowest BCUT2D eigenvalue weighted by Gasteiger charge is -2.07. The van der Waals surface area contributed by atoms with E-state index in [0.29, 0.717) is 5.69 Å². The largest absolute Gasteiger partial charge is 0.321 e. The minimum absolute atomic E-state index is 0.118. The van der Waals surface area contributed by atoms with Gasteiger partial charge in [-0.05, 0) is 48.6 Å². The molecule has 1 aromatic carbocycles.